The summed E-state index contributed by atoms with van der Waals surface area (Å²) in [5.41, 5.74) is 9.49. The molecular weight excluding hydrogens is 1770 g/mol. The number of piperidine rings is 1. The van der Waals surface area contributed by atoms with Crippen LogP contribution in [0.5, 0.6) is 5.75 Å². The quantitative estimate of drug-likeness (QED) is 0.00656. The Labute approximate surface area is 774 Å². The minimum absolute atomic E-state index is 0.0285. The fourth-order valence-corrected chi connectivity index (χ4v) is 21.9. The van der Waals surface area contributed by atoms with Crippen LogP contribution in [0, 0.1) is 30.1 Å². The number of carboxylic acid groups (broad SMARTS) is 1. The van der Waals surface area contributed by atoms with Gasteiger partial charge in [0.1, 0.15) is 42.0 Å². The van der Waals surface area contributed by atoms with Crippen molar-refractivity contribution >= 4 is 138 Å². The number of aliphatic imine (C=N–C) groups is 1. The molecule has 5 aliphatic heterocycles. The van der Waals surface area contributed by atoms with Crippen molar-refractivity contribution in [3.05, 3.63) is 129 Å². The number of hydrogen-bond acceptors (Lipinski definition) is 33. The Bertz CT molecular complexity index is 5450. The molecule has 15 atom stereocenters. The lowest BCUT2D eigenvalue weighted by Crippen LogP contribution is -2.81. The first-order valence-corrected chi connectivity index (χ1v) is 46.3. The van der Waals surface area contributed by atoms with Crippen LogP contribution in [-0.2, 0) is 105 Å². The minimum atomic E-state index is -2.58. The van der Waals surface area contributed by atoms with Gasteiger partial charge < -0.3 is 87.6 Å². The van der Waals surface area contributed by atoms with Crippen LogP contribution in [0.25, 0.3) is 22.1 Å². The summed E-state index contributed by atoms with van der Waals surface area (Å²) in [4.78, 5) is 229. The number of nitrogens with two attached hydrogens (primary N) is 2. The second-order valence-corrected chi connectivity index (χ2v) is 37.1. The number of anilines is 2. The molecule has 15 N–H and O–H groups in total. The SMILES string of the molecule is CC[C@]1(O)C[C@H]2CN(CCc3c([nH]c4ccccc34)[C@@](C(=O)OC)(c3cc4c(cc3OC)N(C)[C@H]3[C@@](O)(C(=O)NCC(=O)OCCSSCCCC(=O)[C@H](CC(=O)O)NC(=O)[C@H](C)CC(=O)[C@H](CCCN=C(N)N)NC(=O)[C@H](C)CC(=O)CC[C@@H](C)NC(=O)c5ccc(NCc6cnc7nc(C)[nH]c(=O)c7n6)cc5)[C@H](O)[C@]5(CC)C=CCN6CC[C@]43[C@@H]65)C2)C1.O=C=O.O=C=O.O=C=O. The van der Waals surface area contributed by atoms with E-state index in [1.807, 2.05) is 61.2 Å². The number of carboxylic acids is 1. The second-order valence-electron chi connectivity index (χ2n) is 34.4. The fourth-order valence-electron chi connectivity index (χ4n) is 19.9. The number of guanidine groups is 1. The number of carbonyl (C=O) groups is 10. The number of Topliss-reactive ketones (excluding diaryl/α,β-unsaturated/α-hetero) is 3. The number of methoxy groups -OCH3 is 2. The number of aromatic amines is 2. The highest BCUT2D eigenvalue weighted by atomic mass is 33.1. The number of hydrogen-bond donors (Lipinski definition) is 13. The van der Waals surface area contributed by atoms with Gasteiger partial charge >= 0.3 is 36.4 Å². The van der Waals surface area contributed by atoms with Crippen LogP contribution in [-0.4, -0.2) is 271 Å². The monoisotopic (exact) mass is 1880 g/mol. The predicted molar refractivity (Wildman–Crippen MR) is 483 cm³/mol. The molecule has 6 aliphatic rings. The number of aliphatic hydroxyl groups is 3. The molecule has 0 radical (unpaired) electrons. The van der Waals surface area contributed by atoms with Crippen molar-refractivity contribution in [2.24, 2.45) is 39.6 Å². The first kappa shape index (κ1) is 104. The van der Waals surface area contributed by atoms with Gasteiger partial charge in [-0.2, -0.15) is 28.8 Å². The molecule has 3 aromatic carbocycles. The molecule has 40 nitrogen and oxygen atoms in total. The van der Waals surface area contributed by atoms with E-state index in [1.165, 1.54) is 48.7 Å². The molecular formula is C91H116N16O24S2. The molecule has 716 valence electrons. The third-order valence-corrected chi connectivity index (χ3v) is 28.3. The summed E-state index contributed by atoms with van der Waals surface area (Å²) in [6.45, 7) is 12.7. The summed E-state index contributed by atoms with van der Waals surface area (Å²) >= 11 is 0. The lowest BCUT2D eigenvalue weighted by molar-refractivity contribution is -0.203. The van der Waals surface area contributed by atoms with Crippen LogP contribution < -0.4 is 53.2 Å². The van der Waals surface area contributed by atoms with Gasteiger partial charge in [0.25, 0.3) is 17.4 Å². The highest BCUT2D eigenvalue weighted by molar-refractivity contribution is 8.76. The van der Waals surface area contributed by atoms with Gasteiger partial charge in [0.2, 0.25) is 11.8 Å². The number of benzene rings is 3. The normalized spacial score (nSPS) is 23.2. The van der Waals surface area contributed by atoms with Crippen LogP contribution >= 0.6 is 21.6 Å². The standard InChI is InChI=1S/C88H116N16O18S2.3CO2/c1-10-84(118)42-53-43-87(82(117)121-9,72-59(27-32-103(47-53)48-84)58-17-12-13-18-62(58)99-72)61-39-60-65(41-68(61)120-8)102(7)79-86(60)29-33-104-31-16-28-85(11-2,78(86)104)80(115)88(79,119)81(116)94-46-70(110)122-34-36-124-123-35-15-20-66(106)64(40-69(108)109)101-75(112)50(4)38-67(107)63(19-14-30-91-83(89)90)100-74(111)49(3)37-57(105)26-21-51(5)95-76(113)54-22-24-55(25-23-54)92-44-56-45-93-73-71(98-56)77(114)97-52(6)96-73;3*2-1-3/h12-13,16-18,22-25,28,39,41,45,49-51,53,63-64,78-80,92,99,115,118-119H,10-11,14-15,19-21,26-27,29-38,40,42-44,46-48H2,1-9H3,(H,94,116)(H,95,113)(H,100,111)(H,101,112)(H,108,109)(H4,89,90,91)(H,93,96,97,114);;;/t49-,50-,51-,53-,63+,64+,78+,79-,80-,84+,85-,86-,87+,88+;;;/m1.../s1. The number of nitrogens with one attached hydrogen (secondary N) is 7. The van der Waals surface area contributed by atoms with Gasteiger partial charge in [-0.25, -0.2) is 15.0 Å². The minimum Gasteiger partial charge on any atom is -0.496 e. The molecule has 4 amide bonds. The Morgan fingerprint density at radius 1 is 0.782 bits per heavy atom. The number of ketones is 3. The van der Waals surface area contributed by atoms with Gasteiger partial charge in [0, 0.05) is 157 Å². The summed E-state index contributed by atoms with van der Waals surface area (Å²) in [5, 5.41) is 63.8. The van der Waals surface area contributed by atoms with Crippen molar-refractivity contribution in [3.8, 4) is 5.75 Å². The van der Waals surface area contributed by atoms with E-state index < -0.39 is 148 Å². The topological polar surface area (TPSA) is 603 Å². The van der Waals surface area contributed by atoms with E-state index in [0.717, 1.165) is 22.0 Å². The number of nitrogens with zero attached hydrogens (tertiary/aromatic N) is 7. The number of aromatic nitrogens is 5. The van der Waals surface area contributed by atoms with E-state index in [2.05, 4.69) is 72.4 Å². The number of aliphatic hydroxyl groups excluding tert-OH is 1. The molecule has 3 fully saturated rings. The van der Waals surface area contributed by atoms with Crippen molar-refractivity contribution in [2.45, 2.75) is 203 Å². The maximum Gasteiger partial charge on any atom is 0.373 e. The van der Waals surface area contributed by atoms with Crippen LogP contribution in [0.3, 0.4) is 0 Å². The van der Waals surface area contributed by atoms with E-state index in [4.69, 9.17) is 54.4 Å². The molecule has 2 bridgehead atoms. The number of amides is 4. The number of H-pyrrole nitrogens is 2. The van der Waals surface area contributed by atoms with E-state index in [9.17, 15) is 63.6 Å². The van der Waals surface area contributed by atoms with Crippen molar-refractivity contribution in [3.63, 3.8) is 0 Å². The molecule has 42 heteroatoms. The molecule has 1 spiro atoms. The Morgan fingerprint density at radius 2 is 1.47 bits per heavy atom. The average Bonchev–Trinajstić information content (AvgIpc) is 1.48. The van der Waals surface area contributed by atoms with Crippen LogP contribution in [0.15, 0.2) is 88.8 Å². The molecule has 1 unspecified atom stereocenters. The number of likely N-dealkylation sites (N-methyl/N-ethyl adjacent to an activating group) is 1. The van der Waals surface area contributed by atoms with Gasteiger partial charge in [0.05, 0.1) is 62.8 Å². The number of rotatable bonds is 40. The fraction of sp³-hybridized carbons (Fsp3) is 0.538. The van der Waals surface area contributed by atoms with E-state index in [1.54, 1.807) is 52.3 Å². The summed E-state index contributed by atoms with van der Waals surface area (Å²) in [7, 11) is 7.40. The van der Waals surface area contributed by atoms with E-state index in [0.29, 0.717) is 116 Å². The number of para-hydroxylation sites is 1. The molecule has 2 saturated heterocycles. The highest BCUT2D eigenvalue weighted by Crippen LogP contribution is 2.68. The van der Waals surface area contributed by atoms with E-state index in [-0.39, 0.29) is 130 Å². The highest BCUT2D eigenvalue weighted by Gasteiger charge is 2.79. The van der Waals surface area contributed by atoms with Crippen molar-refractivity contribution in [2.75, 3.05) is 95.4 Å². The summed E-state index contributed by atoms with van der Waals surface area (Å²) in [5.74, 6) is -7.73. The van der Waals surface area contributed by atoms with Crippen LogP contribution in [0.1, 0.15) is 169 Å². The predicted octanol–water partition coefficient (Wildman–Crippen LogP) is 3.12. The lowest BCUT2D eigenvalue weighted by atomic mass is 9.47. The number of aryl methyl sites for hydroxylation is 1. The Hall–Kier alpha value is -12.2. The van der Waals surface area contributed by atoms with E-state index >= 15 is 9.59 Å². The molecule has 1 saturated carbocycles. The smallest absolute Gasteiger partial charge is 0.373 e. The largest absolute Gasteiger partial charge is 0.496 e. The summed E-state index contributed by atoms with van der Waals surface area (Å²) in [6.07, 6.45) is 6.35. The van der Waals surface area contributed by atoms with Crippen LogP contribution in [0.2, 0.25) is 0 Å². The third-order valence-electron chi connectivity index (χ3n) is 25.9. The molecule has 8 heterocycles. The second kappa shape index (κ2) is 46.9. The average molecular weight is 1880 g/mol. The zero-order valence-electron chi connectivity index (χ0n) is 75.6. The summed E-state index contributed by atoms with van der Waals surface area (Å²) < 4.78 is 18.0. The zero-order chi connectivity index (χ0) is 97.5. The Morgan fingerprint density at radius 3 is 2.14 bits per heavy atom. The van der Waals surface area contributed by atoms with Gasteiger partial charge in [0.15, 0.2) is 34.3 Å². The number of aliphatic carboxylic acids is 1. The maximum atomic E-state index is 15.6. The lowest BCUT2D eigenvalue weighted by Gasteiger charge is -2.63. The number of carbonyl (C=O) groups excluding carboxylic acids is 15. The van der Waals surface area contributed by atoms with Crippen molar-refractivity contribution in [1.29, 1.82) is 0 Å². The molecule has 3 aromatic heterocycles. The molecule has 6 aromatic rings. The number of fused-ring (bicyclic) bond motifs is 7. The zero-order valence-corrected chi connectivity index (χ0v) is 77.3. The molecule has 133 heavy (non-hydrogen) atoms. The van der Waals surface area contributed by atoms with Crippen molar-refractivity contribution < 1.29 is 111 Å². The first-order chi connectivity index (χ1) is 63.4. The molecule has 12 rings (SSSR count). The summed E-state index contributed by atoms with van der Waals surface area (Å²) in [6, 6.07) is 13.9. The van der Waals surface area contributed by atoms with Crippen molar-refractivity contribution in [1.82, 2.24) is 56.0 Å². The third kappa shape index (κ3) is 23.9. The number of esters is 2. The number of ether oxygens (including phenoxy) is 3. The van der Waals surface area contributed by atoms with Gasteiger partial charge in [-0.3, -0.25) is 67.5 Å². The van der Waals surface area contributed by atoms with Crippen LogP contribution in [0.4, 0.5) is 11.4 Å². The first-order valence-electron chi connectivity index (χ1n) is 43.8. The van der Waals surface area contributed by atoms with Gasteiger partial charge in [-0.1, -0.05) is 79.6 Å². The Kier molecular flexibility index (Phi) is 36.9. The van der Waals surface area contributed by atoms with Gasteiger partial charge in [-0.05, 0) is 138 Å². The maximum absolute atomic E-state index is 15.6. The molecule has 1 aliphatic carbocycles. The van der Waals surface area contributed by atoms with Gasteiger partial charge in [-0.15, -0.1) is 0 Å². The Balaban J connectivity index is 0.00000212.